The Labute approximate surface area is 258 Å². The number of carbonyl (C=O) groups excluding carboxylic acids is 1. The number of hydrogen-bond acceptors (Lipinski definition) is 7. The molecule has 45 heavy (non-hydrogen) atoms. The second-order valence-electron chi connectivity index (χ2n) is 10.4. The Balaban J connectivity index is 1.23. The number of amidine groups is 1. The molecule has 1 atom stereocenters. The summed E-state index contributed by atoms with van der Waals surface area (Å²) in [6.45, 7) is 0.552. The first-order valence-electron chi connectivity index (χ1n) is 13.8. The highest BCUT2D eigenvalue weighted by Gasteiger charge is 2.38. The third kappa shape index (κ3) is 7.61. The van der Waals surface area contributed by atoms with Crippen molar-refractivity contribution in [2.75, 3.05) is 20.2 Å². The van der Waals surface area contributed by atoms with Gasteiger partial charge in [0.25, 0.3) is 5.91 Å². The number of likely N-dealkylation sites (tertiary alicyclic amines) is 1. The van der Waals surface area contributed by atoms with Crippen LogP contribution in [0.5, 0.6) is 11.5 Å². The SMILES string of the molecule is COc1cc(/C=C2\SC(N3CCC(C(O)c4ccccn4)CC3)=NC2=O)ccc1OCc1ccc(C(F)(F)F)cc1C(F)(F)F. The summed E-state index contributed by atoms with van der Waals surface area (Å²) in [7, 11) is 1.32. The number of ether oxygens (including phenoxy) is 2. The van der Waals surface area contributed by atoms with Crippen molar-refractivity contribution in [1.82, 2.24) is 9.88 Å². The number of alkyl halides is 6. The average molecular weight is 652 g/mol. The molecule has 1 saturated heterocycles. The van der Waals surface area contributed by atoms with Gasteiger partial charge in [-0.2, -0.15) is 31.3 Å². The van der Waals surface area contributed by atoms with E-state index in [4.69, 9.17) is 9.47 Å². The van der Waals surface area contributed by atoms with E-state index >= 15 is 0 Å². The Bertz CT molecular complexity index is 1600. The summed E-state index contributed by atoms with van der Waals surface area (Å²) in [5.74, 6) is -0.186. The number of aliphatic imine (C=N–C) groups is 1. The number of rotatable bonds is 7. The van der Waals surface area contributed by atoms with E-state index in [1.165, 1.54) is 31.0 Å². The molecule has 0 aliphatic carbocycles. The molecule has 1 fully saturated rings. The van der Waals surface area contributed by atoms with Crippen molar-refractivity contribution in [3.05, 3.63) is 93.6 Å². The van der Waals surface area contributed by atoms with Crippen molar-refractivity contribution in [3.8, 4) is 11.5 Å². The third-order valence-corrected chi connectivity index (χ3v) is 8.51. The fraction of sp³-hybridized carbons (Fsp3) is 0.323. The summed E-state index contributed by atoms with van der Waals surface area (Å²) in [5, 5.41) is 11.3. The van der Waals surface area contributed by atoms with Crippen LogP contribution in [0, 0.1) is 5.92 Å². The molecule has 0 saturated carbocycles. The minimum atomic E-state index is -5.02. The van der Waals surface area contributed by atoms with Gasteiger partial charge in [-0.25, -0.2) is 0 Å². The molecule has 5 rings (SSSR count). The quantitative estimate of drug-likeness (QED) is 0.215. The number of aliphatic hydroxyl groups is 1. The number of nitrogens with zero attached hydrogens (tertiary/aromatic N) is 3. The summed E-state index contributed by atoms with van der Waals surface area (Å²) in [5.41, 5.74) is -2.17. The van der Waals surface area contributed by atoms with Gasteiger partial charge < -0.3 is 19.5 Å². The molecule has 1 aromatic heterocycles. The van der Waals surface area contributed by atoms with Crippen LogP contribution in [0.3, 0.4) is 0 Å². The minimum Gasteiger partial charge on any atom is -0.493 e. The second kappa shape index (κ2) is 13.1. The molecule has 1 unspecified atom stereocenters. The predicted molar refractivity (Wildman–Crippen MR) is 155 cm³/mol. The van der Waals surface area contributed by atoms with E-state index in [-0.39, 0.29) is 23.5 Å². The molecule has 7 nitrogen and oxygen atoms in total. The molecule has 1 amide bonds. The zero-order chi connectivity index (χ0) is 32.4. The van der Waals surface area contributed by atoms with Crippen molar-refractivity contribution in [1.29, 1.82) is 0 Å². The average Bonchev–Trinajstić information content (AvgIpc) is 3.39. The molecular formula is C31H27F6N3O4S. The van der Waals surface area contributed by atoms with Gasteiger partial charge >= 0.3 is 12.4 Å². The maximum Gasteiger partial charge on any atom is 0.416 e. The lowest BCUT2D eigenvalue weighted by Gasteiger charge is -2.34. The van der Waals surface area contributed by atoms with Gasteiger partial charge in [-0.15, -0.1) is 0 Å². The van der Waals surface area contributed by atoms with Crippen LogP contribution in [0.1, 0.15) is 46.9 Å². The highest BCUT2D eigenvalue weighted by molar-refractivity contribution is 8.18. The summed E-state index contributed by atoms with van der Waals surface area (Å²) in [6.07, 6.45) is -6.00. The van der Waals surface area contributed by atoms with Gasteiger partial charge in [0, 0.05) is 24.8 Å². The number of hydrogen-bond donors (Lipinski definition) is 1. The summed E-state index contributed by atoms with van der Waals surface area (Å²) in [6, 6.07) is 11.3. The van der Waals surface area contributed by atoms with E-state index in [1.54, 1.807) is 30.5 Å². The lowest BCUT2D eigenvalue weighted by Crippen LogP contribution is -2.38. The third-order valence-electron chi connectivity index (χ3n) is 7.47. The van der Waals surface area contributed by atoms with E-state index in [0.717, 1.165) is 6.07 Å². The van der Waals surface area contributed by atoms with E-state index in [0.29, 0.717) is 53.3 Å². The molecule has 2 aromatic carbocycles. The number of aromatic nitrogens is 1. The lowest BCUT2D eigenvalue weighted by atomic mass is 9.89. The first kappa shape index (κ1) is 32.4. The first-order chi connectivity index (χ1) is 21.3. The lowest BCUT2D eigenvalue weighted by molar-refractivity contribution is -0.143. The van der Waals surface area contributed by atoms with Crippen molar-refractivity contribution in [3.63, 3.8) is 0 Å². The number of aliphatic hydroxyl groups excluding tert-OH is 1. The minimum absolute atomic E-state index is 0.0290. The molecule has 2 aliphatic heterocycles. The van der Waals surface area contributed by atoms with E-state index in [9.17, 15) is 36.2 Å². The molecular weight excluding hydrogens is 624 g/mol. The van der Waals surface area contributed by atoms with Crippen LogP contribution in [-0.2, 0) is 23.8 Å². The van der Waals surface area contributed by atoms with Crippen LogP contribution < -0.4 is 9.47 Å². The van der Waals surface area contributed by atoms with Crippen LogP contribution in [-0.4, -0.2) is 46.3 Å². The Hall–Kier alpha value is -4.04. The van der Waals surface area contributed by atoms with Crippen molar-refractivity contribution >= 4 is 28.9 Å². The summed E-state index contributed by atoms with van der Waals surface area (Å²) < 4.78 is 90.4. The van der Waals surface area contributed by atoms with Crippen molar-refractivity contribution in [2.45, 2.75) is 37.9 Å². The molecule has 2 aliphatic rings. The highest BCUT2D eigenvalue weighted by atomic mass is 32.2. The van der Waals surface area contributed by atoms with Crippen LogP contribution in [0.25, 0.3) is 6.08 Å². The highest BCUT2D eigenvalue weighted by Crippen LogP contribution is 2.39. The van der Waals surface area contributed by atoms with Gasteiger partial charge in [0.05, 0.1) is 34.9 Å². The second-order valence-corrected chi connectivity index (χ2v) is 11.4. The Morgan fingerprint density at radius 2 is 1.78 bits per heavy atom. The monoisotopic (exact) mass is 651 g/mol. The summed E-state index contributed by atoms with van der Waals surface area (Å²) >= 11 is 1.21. The molecule has 0 radical (unpaired) electrons. The first-order valence-corrected chi connectivity index (χ1v) is 14.6. The topological polar surface area (TPSA) is 84.3 Å². The fourth-order valence-electron chi connectivity index (χ4n) is 5.07. The summed E-state index contributed by atoms with van der Waals surface area (Å²) in [4.78, 5) is 23.5. The zero-order valence-electron chi connectivity index (χ0n) is 23.7. The number of pyridine rings is 1. The number of benzene rings is 2. The van der Waals surface area contributed by atoms with Gasteiger partial charge in [0.2, 0.25) is 0 Å². The fourth-order valence-corrected chi connectivity index (χ4v) is 6.04. The largest absolute Gasteiger partial charge is 0.493 e. The van der Waals surface area contributed by atoms with E-state index in [2.05, 4.69) is 9.98 Å². The number of carbonyl (C=O) groups is 1. The van der Waals surface area contributed by atoms with Crippen molar-refractivity contribution in [2.24, 2.45) is 10.9 Å². The molecule has 238 valence electrons. The van der Waals surface area contributed by atoms with Gasteiger partial charge in [0.1, 0.15) is 6.61 Å². The van der Waals surface area contributed by atoms with Crippen LogP contribution in [0.2, 0.25) is 0 Å². The number of methoxy groups -OCH3 is 1. The van der Waals surface area contributed by atoms with Crippen LogP contribution >= 0.6 is 11.8 Å². The molecule has 3 heterocycles. The molecule has 1 N–H and O–H groups in total. The maximum atomic E-state index is 13.5. The Kier molecular flexibility index (Phi) is 9.44. The predicted octanol–water partition coefficient (Wildman–Crippen LogP) is 7.12. The van der Waals surface area contributed by atoms with Crippen molar-refractivity contribution < 1.29 is 45.7 Å². The maximum absolute atomic E-state index is 13.5. The van der Waals surface area contributed by atoms with Gasteiger partial charge in [0.15, 0.2) is 16.7 Å². The molecule has 14 heteroatoms. The molecule has 3 aromatic rings. The van der Waals surface area contributed by atoms with Gasteiger partial charge in [-0.3, -0.25) is 9.78 Å². The normalized spacial score (nSPS) is 17.9. The molecule has 0 bridgehead atoms. The van der Waals surface area contributed by atoms with E-state index < -0.39 is 47.7 Å². The number of piperidine rings is 1. The van der Waals surface area contributed by atoms with Gasteiger partial charge in [-0.05, 0) is 78.6 Å². The standard InChI is InChI=1S/C31H27F6N3O4S/c1-43-25-14-18(5-8-24(25)44-17-20-6-7-21(30(32,33)34)16-22(20)31(35,36)37)15-26-28(42)39-29(45-26)40-12-9-19(10-13-40)27(41)23-4-2-3-11-38-23/h2-8,11,14-16,19,27,41H,9-10,12-13,17H2,1H3/b26-15-. The Morgan fingerprint density at radius 1 is 1.02 bits per heavy atom. The van der Waals surface area contributed by atoms with Crippen LogP contribution in [0.15, 0.2) is 70.7 Å². The van der Waals surface area contributed by atoms with Crippen LogP contribution in [0.4, 0.5) is 26.3 Å². The number of halogens is 6. The number of amides is 1. The molecule has 0 spiro atoms. The van der Waals surface area contributed by atoms with Gasteiger partial charge in [-0.1, -0.05) is 18.2 Å². The zero-order valence-corrected chi connectivity index (χ0v) is 24.5. The Morgan fingerprint density at radius 3 is 2.42 bits per heavy atom. The smallest absolute Gasteiger partial charge is 0.416 e. The van der Waals surface area contributed by atoms with E-state index in [1.807, 2.05) is 11.0 Å². The number of thioether (sulfide) groups is 1.